The number of hydrogen-bond donors (Lipinski definition) is 2. The number of carbonyl (C=O) groups excluding carboxylic acids is 1. The zero-order valence-corrected chi connectivity index (χ0v) is 11.0. The first kappa shape index (κ1) is 16.3. The monoisotopic (exact) mass is 307 g/mol. The number of ether oxygens (including phenoxy) is 1. The highest BCUT2D eigenvalue weighted by molar-refractivity contribution is 6.34. The molecule has 110 valence electrons. The van der Waals surface area contributed by atoms with Crippen molar-refractivity contribution in [2.45, 2.75) is 12.8 Å². The van der Waals surface area contributed by atoms with Crippen LogP contribution in [0.2, 0.25) is 5.02 Å². The molecule has 0 unspecified atom stereocenters. The predicted molar refractivity (Wildman–Crippen MR) is 68.5 cm³/mol. The number of carboxylic acids is 1. The van der Waals surface area contributed by atoms with Crippen molar-refractivity contribution < 1.29 is 28.2 Å². The van der Waals surface area contributed by atoms with Crippen LogP contribution in [0.3, 0.4) is 0 Å². The quantitative estimate of drug-likeness (QED) is 0.759. The van der Waals surface area contributed by atoms with Gasteiger partial charge in [-0.15, -0.1) is 0 Å². The Morgan fingerprint density at radius 2 is 2.10 bits per heavy atom. The van der Waals surface area contributed by atoms with E-state index in [1.54, 1.807) is 0 Å². The van der Waals surface area contributed by atoms with Crippen molar-refractivity contribution in [2.24, 2.45) is 0 Å². The molecule has 20 heavy (non-hydrogen) atoms. The molecule has 1 amide bonds. The second-order valence-electron chi connectivity index (χ2n) is 3.76. The number of nitrogens with one attached hydrogen (secondary N) is 1. The minimum atomic E-state index is -2.57. The predicted octanol–water partition coefficient (Wildman–Crippen LogP) is 2.65. The number of halogens is 3. The van der Waals surface area contributed by atoms with Gasteiger partial charge in [0, 0.05) is 0 Å². The second-order valence-corrected chi connectivity index (χ2v) is 4.17. The number of carboxylic acid groups (broad SMARTS) is 1. The van der Waals surface area contributed by atoms with Crippen molar-refractivity contribution in [3.8, 4) is 0 Å². The Bertz CT molecular complexity index is 496. The van der Waals surface area contributed by atoms with Crippen LogP contribution in [0.1, 0.15) is 16.8 Å². The summed E-state index contributed by atoms with van der Waals surface area (Å²) < 4.78 is 28.1. The van der Waals surface area contributed by atoms with Gasteiger partial charge in [-0.05, 0) is 18.2 Å². The summed E-state index contributed by atoms with van der Waals surface area (Å²) in [5.74, 6) is -1.60. The molecule has 0 bridgehead atoms. The first-order chi connectivity index (χ1) is 9.40. The Hall–Kier alpha value is -1.73. The van der Waals surface area contributed by atoms with Gasteiger partial charge in [0.1, 0.15) is 6.61 Å². The fraction of sp³-hybridized carbons (Fsp3) is 0.333. The number of rotatable bonds is 7. The average molecular weight is 308 g/mol. The lowest BCUT2D eigenvalue weighted by Gasteiger charge is -2.08. The molecule has 1 aromatic carbocycles. The van der Waals surface area contributed by atoms with Gasteiger partial charge in [-0.3, -0.25) is 4.79 Å². The lowest BCUT2D eigenvalue weighted by atomic mass is 10.2. The Balaban J connectivity index is 2.48. The highest BCUT2D eigenvalue weighted by atomic mass is 35.5. The van der Waals surface area contributed by atoms with Crippen LogP contribution < -0.4 is 5.32 Å². The molecule has 5 nitrogen and oxygen atoms in total. The van der Waals surface area contributed by atoms with Crippen molar-refractivity contribution in [1.82, 2.24) is 0 Å². The number of alkyl halides is 2. The molecular weight excluding hydrogens is 296 g/mol. The molecule has 0 spiro atoms. The number of amides is 1. The summed E-state index contributed by atoms with van der Waals surface area (Å²) in [6, 6.07) is 3.84. The summed E-state index contributed by atoms with van der Waals surface area (Å²) in [5, 5.41) is 11.3. The molecule has 0 radical (unpaired) electrons. The first-order valence-electron chi connectivity index (χ1n) is 5.58. The van der Waals surface area contributed by atoms with Crippen LogP contribution in [0.25, 0.3) is 0 Å². The van der Waals surface area contributed by atoms with E-state index in [1.807, 2.05) is 0 Å². The lowest BCUT2D eigenvalue weighted by molar-refractivity contribution is -0.117. The van der Waals surface area contributed by atoms with Gasteiger partial charge in [0.15, 0.2) is 0 Å². The van der Waals surface area contributed by atoms with Crippen LogP contribution >= 0.6 is 11.6 Å². The molecule has 0 aliphatic heterocycles. The summed E-state index contributed by atoms with van der Waals surface area (Å²) in [6.45, 7) is -0.859. The number of anilines is 1. The summed E-state index contributed by atoms with van der Waals surface area (Å²) in [4.78, 5) is 22.2. The highest BCUT2D eigenvalue weighted by Crippen LogP contribution is 2.23. The van der Waals surface area contributed by atoms with Gasteiger partial charge < -0.3 is 15.2 Å². The summed E-state index contributed by atoms with van der Waals surface area (Å²) >= 11 is 5.81. The highest BCUT2D eigenvalue weighted by Gasteiger charge is 2.10. The Kier molecular flexibility index (Phi) is 6.33. The van der Waals surface area contributed by atoms with Gasteiger partial charge in [0.25, 0.3) is 6.43 Å². The van der Waals surface area contributed by atoms with E-state index in [1.165, 1.54) is 18.2 Å². The van der Waals surface area contributed by atoms with E-state index in [9.17, 15) is 18.4 Å². The van der Waals surface area contributed by atoms with E-state index in [-0.39, 0.29) is 29.3 Å². The van der Waals surface area contributed by atoms with Crippen molar-refractivity contribution in [2.75, 3.05) is 18.5 Å². The van der Waals surface area contributed by atoms with Crippen molar-refractivity contribution >= 4 is 29.2 Å². The fourth-order valence-electron chi connectivity index (χ4n) is 1.30. The number of aromatic carboxylic acids is 1. The molecular formula is C12H12ClF2NO4. The van der Waals surface area contributed by atoms with Crippen LogP contribution in [-0.4, -0.2) is 36.6 Å². The van der Waals surface area contributed by atoms with Crippen molar-refractivity contribution in [3.05, 3.63) is 28.8 Å². The third kappa shape index (κ3) is 5.50. The maximum Gasteiger partial charge on any atom is 0.335 e. The number of benzene rings is 1. The fourth-order valence-corrected chi connectivity index (χ4v) is 1.53. The lowest BCUT2D eigenvalue weighted by Crippen LogP contribution is -2.16. The largest absolute Gasteiger partial charge is 0.478 e. The minimum absolute atomic E-state index is 0.00624. The molecule has 1 rings (SSSR count). The molecule has 0 aliphatic carbocycles. The van der Waals surface area contributed by atoms with E-state index >= 15 is 0 Å². The molecule has 1 aromatic rings. The maximum atomic E-state index is 11.8. The topological polar surface area (TPSA) is 75.6 Å². The molecule has 2 N–H and O–H groups in total. The van der Waals surface area contributed by atoms with Crippen LogP contribution in [-0.2, 0) is 9.53 Å². The summed E-state index contributed by atoms with van der Waals surface area (Å²) in [5.41, 5.74) is 0.240. The summed E-state index contributed by atoms with van der Waals surface area (Å²) in [7, 11) is 0. The van der Waals surface area contributed by atoms with E-state index in [4.69, 9.17) is 16.7 Å². The zero-order valence-electron chi connectivity index (χ0n) is 10.2. The van der Waals surface area contributed by atoms with E-state index in [0.717, 1.165) is 0 Å². The number of hydrogen-bond acceptors (Lipinski definition) is 3. The third-order valence-corrected chi connectivity index (χ3v) is 2.52. The smallest absolute Gasteiger partial charge is 0.335 e. The van der Waals surface area contributed by atoms with Crippen molar-refractivity contribution in [1.29, 1.82) is 0 Å². The molecule has 0 fully saturated rings. The molecule has 0 heterocycles. The van der Waals surface area contributed by atoms with Crippen molar-refractivity contribution in [3.63, 3.8) is 0 Å². The number of carbonyl (C=O) groups is 2. The van der Waals surface area contributed by atoms with Gasteiger partial charge in [-0.25, -0.2) is 13.6 Å². The van der Waals surface area contributed by atoms with Gasteiger partial charge >= 0.3 is 5.97 Å². The van der Waals surface area contributed by atoms with E-state index < -0.39 is 24.9 Å². The Morgan fingerprint density at radius 1 is 1.40 bits per heavy atom. The average Bonchev–Trinajstić information content (AvgIpc) is 2.36. The first-order valence-corrected chi connectivity index (χ1v) is 5.96. The summed E-state index contributed by atoms with van der Waals surface area (Å²) in [6.07, 6.45) is -2.68. The van der Waals surface area contributed by atoms with Crippen LogP contribution in [0.4, 0.5) is 14.5 Å². The van der Waals surface area contributed by atoms with Gasteiger partial charge in [0.2, 0.25) is 5.91 Å². The Labute approximate surface area is 118 Å². The van der Waals surface area contributed by atoms with Gasteiger partial charge in [0.05, 0.1) is 29.3 Å². The maximum absolute atomic E-state index is 11.8. The second kappa shape index (κ2) is 7.76. The molecule has 0 aromatic heterocycles. The van der Waals surface area contributed by atoms with Crippen LogP contribution in [0.5, 0.6) is 0 Å². The zero-order chi connectivity index (χ0) is 15.1. The third-order valence-electron chi connectivity index (χ3n) is 2.21. The normalized spacial score (nSPS) is 10.6. The SMILES string of the molecule is O=C(CCOCC(F)F)Nc1ccc(C(=O)O)cc1Cl. The van der Waals surface area contributed by atoms with Crippen LogP contribution in [0.15, 0.2) is 18.2 Å². The van der Waals surface area contributed by atoms with Gasteiger partial charge in [-0.1, -0.05) is 11.6 Å². The van der Waals surface area contributed by atoms with Crippen LogP contribution in [0, 0.1) is 0 Å². The minimum Gasteiger partial charge on any atom is -0.478 e. The van der Waals surface area contributed by atoms with Gasteiger partial charge in [-0.2, -0.15) is 0 Å². The molecule has 0 aliphatic rings. The molecule has 8 heteroatoms. The van der Waals surface area contributed by atoms with E-state index in [2.05, 4.69) is 10.1 Å². The molecule has 0 saturated carbocycles. The van der Waals surface area contributed by atoms with E-state index in [0.29, 0.717) is 0 Å². The molecule has 0 atom stereocenters. The standard InChI is InChI=1S/C12H12ClF2NO4/c13-8-5-7(12(18)19)1-2-9(8)16-11(17)3-4-20-6-10(14)15/h1-2,5,10H,3-4,6H2,(H,16,17)(H,18,19). The molecule has 0 saturated heterocycles. The Morgan fingerprint density at radius 3 is 2.65 bits per heavy atom.